The van der Waals surface area contributed by atoms with E-state index in [0.717, 1.165) is 0 Å². The van der Waals surface area contributed by atoms with Crippen LogP contribution < -0.4 is 5.09 Å². The highest BCUT2D eigenvalue weighted by Gasteiger charge is 2.15. The Bertz CT molecular complexity index is 273. The number of rotatable bonds is 7. The van der Waals surface area contributed by atoms with E-state index < -0.39 is 0 Å². The Balaban J connectivity index is 2.53. The number of hydrogen-bond donors (Lipinski definition) is 1. The smallest absolute Gasteiger partial charge is 0.0167 e. The zero-order chi connectivity index (χ0) is 11.8. The maximum absolute atomic E-state index is 3.70. The van der Waals surface area contributed by atoms with Crippen LogP contribution in [0, 0.1) is 0 Å². The van der Waals surface area contributed by atoms with Crippen LogP contribution in [0.25, 0.3) is 0 Å². The third-order valence-electron chi connectivity index (χ3n) is 2.93. The molecule has 0 saturated carbocycles. The van der Waals surface area contributed by atoms with Crippen LogP contribution in [-0.4, -0.2) is 13.2 Å². The van der Waals surface area contributed by atoms with Gasteiger partial charge in [0.15, 0.2) is 0 Å². The highest BCUT2D eigenvalue weighted by atomic mass is 31.1. The maximum atomic E-state index is 3.70. The molecule has 2 heteroatoms. The summed E-state index contributed by atoms with van der Waals surface area (Å²) in [5, 5.41) is 3.70. The SMILES string of the molecule is CCCCNP(C)[C@@H](CC)c1ccccc1. The van der Waals surface area contributed by atoms with E-state index in [1.807, 2.05) is 0 Å². The van der Waals surface area contributed by atoms with Crippen LogP contribution in [0.15, 0.2) is 30.3 Å². The van der Waals surface area contributed by atoms with Crippen LogP contribution in [0.3, 0.4) is 0 Å². The zero-order valence-electron chi connectivity index (χ0n) is 10.7. The van der Waals surface area contributed by atoms with Crippen molar-refractivity contribution in [2.24, 2.45) is 0 Å². The molecule has 0 bridgehead atoms. The summed E-state index contributed by atoms with van der Waals surface area (Å²) in [6.07, 6.45) is 3.79. The first-order valence-corrected chi connectivity index (χ1v) is 8.16. The van der Waals surface area contributed by atoms with E-state index in [2.05, 4.69) is 55.9 Å². The van der Waals surface area contributed by atoms with Gasteiger partial charge in [-0.3, -0.25) is 5.09 Å². The topological polar surface area (TPSA) is 12.0 Å². The predicted octanol–water partition coefficient (Wildman–Crippen LogP) is 4.55. The molecule has 0 heterocycles. The fourth-order valence-corrected chi connectivity index (χ4v) is 3.85. The average molecular weight is 237 g/mol. The van der Waals surface area contributed by atoms with E-state index in [1.165, 1.54) is 31.4 Å². The first kappa shape index (κ1) is 13.7. The van der Waals surface area contributed by atoms with Crippen LogP contribution in [0.4, 0.5) is 0 Å². The second kappa shape index (κ2) is 7.81. The van der Waals surface area contributed by atoms with Crippen molar-refractivity contribution < 1.29 is 0 Å². The van der Waals surface area contributed by atoms with Crippen LogP contribution in [0.2, 0.25) is 0 Å². The van der Waals surface area contributed by atoms with Crippen LogP contribution in [-0.2, 0) is 0 Å². The lowest BCUT2D eigenvalue weighted by molar-refractivity contribution is 0.759. The van der Waals surface area contributed by atoms with Gasteiger partial charge in [-0.25, -0.2) is 0 Å². The molecular weight excluding hydrogens is 213 g/mol. The largest absolute Gasteiger partial charge is 0.295 e. The summed E-state index contributed by atoms with van der Waals surface area (Å²) in [6, 6.07) is 10.9. The van der Waals surface area contributed by atoms with Crippen molar-refractivity contribution >= 4 is 8.07 Å². The zero-order valence-corrected chi connectivity index (χ0v) is 11.6. The number of hydrogen-bond acceptors (Lipinski definition) is 1. The molecule has 16 heavy (non-hydrogen) atoms. The van der Waals surface area contributed by atoms with E-state index in [1.54, 1.807) is 0 Å². The Kier molecular flexibility index (Phi) is 6.68. The lowest BCUT2D eigenvalue weighted by Gasteiger charge is -2.24. The van der Waals surface area contributed by atoms with Gasteiger partial charge in [-0.15, -0.1) is 0 Å². The summed E-state index contributed by atoms with van der Waals surface area (Å²) in [6.45, 7) is 8.07. The third kappa shape index (κ3) is 4.23. The molecule has 0 aromatic heterocycles. The Morgan fingerprint density at radius 3 is 2.44 bits per heavy atom. The van der Waals surface area contributed by atoms with Gasteiger partial charge in [-0.1, -0.05) is 50.6 Å². The Hall–Kier alpha value is -0.390. The molecule has 0 amide bonds. The Morgan fingerprint density at radius 2 is 1.88 bits per heavy atom. The molecule has 0 aliphatic carbocycles. The van der Waals surface area contributed by atoms with Crippen LogP contribution in [0.5, 0.6) is 0 Å². The van der Waals surface area contributed by atoms with Crippen LogP contribution >= 0.6 is 8.07 Å². The normalized spacial score (nSPS) is 14.7. The summed E-state index contributed by atoms with van der Waals surface area (Å²) in [5.74, 6) is 0. The molecule has 0 spiro atoms. The minimum absolute atomic E-state index is 0.0820. The number of unbranched alkanes of at least 4 members (excludes halogenated alkanes) is 1. The molecule has 90 valence electrons. The summed E-state index contributed by atoms with van der Waals surface area (Å²) in [4.78, 5) is 0. The second-order valence-corrected chi connectivity index (χ2v) is 6.37. The van der Waals surface area contributed by atoms with Crippen molar-refractivity contribution in [2.45, 2.75) is 38.8 Å². The molecule has 0 radical (unpaired) electrons. The minimum atomic E-state index is -0.0820. The average Bonchev–Trinajstić information content (AvgIpc) is 2.32. The monoisotopic (exact) mass is 237 g/mol. The van der Waals surface area contributed by atoms with Crippen LogP contribution in [0.1, 0.15) is 44.3 Å². The van der Waals surface area contributed by atoms with Gasteiger partial charge in [-0.2, -0.15) is 0 Å². The lowest BCUT2D eigenvalue weighted by Crippen LogP contribution is -2.12. The molecule has 0 aliphatic heterocycles. The molecule has 1 aromatic rings. The number of benzene rings is 1. The van der Waals surface area contributed by atoms with Crippen molar-refractivity contribution in [2.75, 3.05) is 13.2 Å². The highest BCUT2D eigenvalue weighted by Crippen LogP contribution is 2.46. The predicted molar refractivity (Wildman–Crippen MR) is 75.2 cm³/mol. The molecule has 2 atom stereocenters. The molecule has 0 saturated heterocycles. The maximum Gasteiger partial charge on any atom is 0.0167 e. The second-order valence-electron chi connectivity index (χ2n) is 4.21. The van der Waals surface area contributed by atoms with Crippen molar-refractivity contribution in [1.29, 1.82) is 0 Å². The summed E-state index contributed by atoms with van der Waals surface area (Å²) in [7, 11) is -0.0820. The first-order chi connectivity index (χ1) is 7.79. The summed E-state index contributed by atoms with van der Waals surface area (Å²) < 4.78 is 0. The Labute approximate surface area is 101 Å². The van der Waals surface area contributed by atoms with Gasteiger partial charge in [0.05, 0.1) is 0 Å². The molecule has 1 aromatic carbocycles. The third-order valence-corrected chi connectivity index (χ3v) is 5.25. The molecule has 1 rings (SSSR count). The summed E-state index contributed by atoms with van der Waals surface area (Å²) in [5.41, 5.74) is 2.19. The van der Waals surface area contributed by atoms with E-state index >= 15 is 0 Å². The molecule has 1 nitrogen and oxygen atoms in total. The first-order valence-electron chi connectivity index (χ1n) is 6.30. The van der Waals surface area contributed by atoms with Gasteiger partial charge < -0.3 is 0 Å². The highest BCUT2D eigenvalue weighted by molar-refractivity contribution is 7.55. The minimum Gasteiger partial charge on any atom is -0.295 e. The summed E-state index contributed by atoms with van der Waals surface area (Å²) >= 11 is 0. The van der Waals surface area contributed by atoms with E-state index in [-0.39, 0.29) is 8.07 Å². The quantitative estimate of drug-likeness (QED) is 0.541. The van der Waals surface area contributed by atoms with Crippen molar-refractivity contribution in [3.8, 4) is 0 Å². The van der Waals surface area contributed by atoms with Gasteiger partial charge in [0.1, 0.15) is 0 Å². The van der Waals surface area contributed by atoms with Gasteiger partial charge in [0.2, 0.25) is 0 Å². The van der Waals surface area contributed by atoms with Gasteiger partial charge in [-0.05, 0) is 39.7 Å². The lowest BCUT2D eigenvalue weighted by atomic mass is 10.1. The molecule has 0 fully saturated rings. The fraction of sp³-hybridized carbons (Fsp3) is 0.571. The standard InChI is InChI=1S/C14H24NP/c1-4-6-12-15-16(3)14(5-2)13-10-8-7-9-11-13/h7-11,14-15H,4-6,12H2,1-3H3/t14-,16?/m0/s1. The molecular formula is C14H24NP. The molecule has 0 aliphatic rings. The van der Waals surface area contributed by atoms with Crippen molar-refractivity contribution in [3.63, 3.8) is 0 Å². The van der Waals surface area contributed by atoms with E-state index in [0.29, 0.717) is 5.66 Å². The van der Waals surface area contributed by atoms with Gasteiger partial charge in [0, 0.05) is 5.66 Å². The fourth-order valence-electron chi connectivity index (χ4n) is 1.95. The number of nitrogens with one attached hydrogen (secondary N) is 1. The van der Waals surface area contributed by atoms with Crippen molar-refractivity contribution in [1.82, 2.24) is 5.09 Å². The molecule has 1 N–H and O–H groups in total. The van der Waals surface area contributed by atoms with Gasteiger partial charge >= 0.3 is 0 Å². The van der Waals surface area contributed by atoms with Crippen molar-refractivity contribution in [3.05, 3.63) is 35.9 Å². The van der Waals surface area contributed by atoms with E-state index in [4.69, 9.17) is 0 Å². The Morgan fingerprint density at radius 1 is 1.19 bits per heavy atom. The van der Waals surface area contributed by atoms with E-state index in [9.17, 15) is 0 Å². The van der Waals surface area contributed by atoms with Gasteiger partial charge in [0.25, 0.3) is 0 Å². The molecule has 1 unspecified atom stereocenters.